The molecular formula is C34H42BNO5. The van der Waals surface area contributed by atoms with Crippen LogP contribution < -0.4 is 10.2 Å². The highest BCUT2D eigenvalue weighted by atomic mass is 16.7. The van der Waals surface area contributed by atoms with E-state index >= 15 is 0 Å². The van der Waals surface area contributed by atoms with E-state index in [0.717, 1.165) is 28.8 Å². The Morgan fingerprint density at radius 1 is 0.805 bits per heavy atom. The number of rotatable bonds is 10. The Bertz CT molecular complexity index is 1320. The highest BCUT2D eigenvalue weighted by molar-refractivity contribution is 6.62. The SMILES string of the molecule is CCOC(=O)N(C)CCOc1ccc(/C(=C(/CC)c2ccccc2)c2ccc(B3OC(C)(C)C(C)(C)O3)cc2)cc1. The van der Waals surface area contributed by atoms with Crippen LogP contribution in [0.4, 0.5) is 4.79 Å². The third kappa shape index (κ3) is 7.03. The molecule has 1 aliphatic rings. The minimum atomic E-state index is -0.402. The Balaban J connectivity index is 1.61. The van der Waals surface area contributed by atoms with Gasteiger partial charge in [0.15, 0.2) is 0 Å². The Morgan fingerprint density at radius 3 is 1.90 bits per heavy atom. The zero-order valence-corrected chi connectivity index (χ0v) is 25.4. The number of carbonyl (C=O) groups excluding carboxylic acids is 1. The smallest absolute Gasteiger partial charge is 0.492 e. The number of likely N-dealkylation sites (N-methyl/N-ethyl adjacent to an activating group) is 1. The Hall–Kier alpha value is -3.55. The molecule has 7 heteroatoms. The monoisotopic (exact) mass is 555 g/mol. The summed E-state index contributed by atoms with van der Waals surface area (Å²) in [4.78, 5) is 13.3. The number of carbonyl (C=O) groups is 1. The van der Waals surface area contributed by atoms with Crippen molar-refractivity contribution >= 4 is 29.8 Å². The van der Waals surface area contributed by atoms with Crippen LogP contribution in [0.1, 0.15) is 64.7 Å². The van der Waals surface area contributed by atoms with Crippen LogP contribution in [0.5, 0.6) is 5.75 Å². The van der Waals surface area contributed by atoms with Gasteiger partial charge < -0.3 is 23.7 Å². The van der Waals surface area contributed by atoms with Crippen molar-refractivity contribution in [1.29, 1.82) is 0 Å². The molecule has 0 bridgehead atoms. The number of nitrogens with zero attached hydrogens (tertiary/aromatic N) is 1. The van der Waals surface area contributed by atoms with Crippen LogP contribution in [0.2, 0.25) is 0 Å². The van der Waals surface area contributed by atoms with Crippen LogP contribution >= 0.6 is 0 Å². The van der Waals surface area contributed by atoms with Crippen molar-refractivity contribution in [1.82, 2.24) is 4.90 Å². The van der Waals surface area contributed by atoms with Crippen molar-refractivity contribution in [2.24, 2.45) is 0 Å². The second-order valence-electron chi connectivity index (χ2n) is 11.3. The first-order valence-electron chi connectivity index (χ1n) is 14.4. The molecule has 0 unspecified atom stereocenters. The molecule has 3 aromatic rings. The predicted molar refractivity (Wildman–Crippen MR) is 166 cm³/mol. The van der Waals surface area contributed by atoms with Crippen LogP contribution in [-0.2, 0) is 14.0 Å². The van der Waals surface area contributed by atoms with Crippen molar-refractivity contribution in [3.05, 3.63) is 95.6 Å². The van der Waals surface area contributed by atoms with Gasteiger partial charge in [0.1, 0.15) is 12.4 Å². The third-order valence-electron chi connectivity index (χ3n) is 7.92. The molecule has 1 heterocycles. The van der Waals surface area contributed by atoms with Gasteiger partial charge in [0, 0.05) is 7.05 Å². The highest BCUT2D eigenvalue weighted by Crippen LogP contribution is 2.37. The first-order chi connectivity index (χ1) is 19.6. The number of ether oxygens (including phenoxy) is 2. The summed E-state index contributed by atoms with van der Waals surface area (Å²) in [6.45, 7) is 13.4. The van der Waals surface area contributed by atoms with Gasteiger partial charge in [0.25, 0.3) is 0 Å². The van der Waals surface area contributed by atoms with Crippen molar-refractivity contribution < 1.29 is 23.6 Å². The van der Waals surface area contributed by atoms with Crippen LogP contribution in [0.15, 0.2) is 78.9 Å². The topological polar surface area (TPSA) is 57.2 Å². The van der Waals surface area contributed by atoms with Gasteiger partial charge in [-0.25, -0.2) is 4.79 Å². The van der Waals surface area contributed by atoms with Crippen LogP contribution in [-0.4, -0.2) is 56.1 Å². The fourth-order valence-electron chi connectivity index (χ4n) is 4.81. The summed E-state index contributed by atoms with van der Waals surface area (Å²) in [5, 5.41) is 0. The van der Waals surface area contributed by atoms with Gasteiger partial charge in [-0.3, -0.25) is 0 Å². The van der Waals surface area contributed by atoms with E-state index in [0.29, 0.717) is 19.8 Å². The van der Waals surface area contributed by atoms with Crippen LogP contribution in [0, 0.1) is 0 Å². The molecule has 0 aliphatic carbocycles. The third-order valence-corrected chi connectivity index (χ3v) is 7.92. The van der Waals surface area contributed by atoms with E-state index in [1.807, 2.05) is 18.2 Å². The summed E-state index contributed by atoms with van der Waals surface area (Å²) in [6, 6.07) is 27.2. The second-order valence-corrected chi connectivity index (χ2v) is 11.3. The maximum absolute atomic E-state index is 11.8. The van der Waals surface area contributed by atoms with E-state index in [1.54, 1.807) is 14.0 Å². The fourth-order valence-corrected chi connectivity index (χ4v) is 4.81. The number of amides is 1. The Kier molecular flexibility index (Phi) is 9.62. The van der Waals surface area contributed by atoms with E-state index in [2.05, 4.69) is 95.3 Å². The average Bonchev–Trinajstić information content (AvgIpc) is 3.19. The molecule has 4 rings (SSSR count). The molecule has 1 saturated heterocycles. The first kappa shape index (κ1) is 30.4. The molecular weight excluding hydrogens is 513 g/mol. The first-order valence-corrected chi connectivity index (χ1v) is 14.4. The summed E-state index contributed by atoms with van der Waals surface area (Å²) in [5.41, 5.74) is 6.08. The summed E-state index contributed by atoms with van der Waals surface area (Å²) in [5.74, 6) is 0.749. The number of hydrogen-bond acceptors (Lipinski definition) is 5. The minimum absolute atomic E-state index is 0.348. The number of hydrogen-bond donors (Lipinski definition) is 0. The molecule has 1 fully saturated rings. The van der Waals surface area contributed by atoms with Gasteiger partial charge >= 0.3 is 13.2 Å². The molecule has 0 saturated carbocycles. The Morgan fingerprint density at radius 2 is 1.37 bits per heavy atom. The molecule has 6 nitrogen and oxygen atoms in total. The Labute approximate surface area is 245 Å². The van der Waals surface area contributed by atoms with E-state index < -0.39 is 7.12 Å². The van der Waals surface area contributed by atoms with Gasteiger partial charge in [-0.1, -0.05) is 73.7 Å². The zero-order valence-electron chi connectivity index (χ0n) is 25.4. The van der Waals surface area contributed by atoms with Gasteiger partial charge in [-0.15, -0.1) is 0 Å². The van der Waals surface area contributed by atoms with Crippen LogP contribution in [0.25, 0.3) is 11.1 Å². The lowest BCUT2D eigenvalue weighted by molar-refractivity contribution is 0.00578. The largest absolute Gasteiger partial charge is 0.494 e. The lowest BCUT2D eigenvalue weighted by atomic mass is 9.78. The molecule has 1 aliphatic heterocycles. The molecule has 3 aromatic carbocycles. The summed E-state index contributed by atoms with van der Waals surface area (Å²) in [6.07, 6.45) is 0.523. The van der Waals surface area contributed by atoms with E-state index in [1.165, 1.54) is 21.6 Å². The van der Waals surface area contributed by atoms with Gasteiger partial charge in [0.2, 0.25) is 0 Å². The quantitative estimate of drug-likeness (QED) is 0.203. The maximum Gasteiger partial charge on any atom is 0.494 e. The molecule has 0 atom stereocenters. The van der Waals surface area contributed by atoms with Gasteiger partial charge in [0.05, 0.1) is 24.4 Å². The van der Waals surface area contributed by atoms with Gasteiger partial charge in [-0.2, -0.15) is 0 Å². The predicted octanol–water partition coefficient (Wildman–Crippen LogP) is 6.82. The van der Waals surface area contributed by atoms with E-state index in [4.69, 9.17) is 18.8 Å². The second kappa shape index (κ2) is 13.0. The summed E-state index contributed by atoms with van der Waals surface area (Å²) < 4.78 is 23.5. The molecule has 216 valence electrons. The zero-order chi connectivity index (χ0) is 29.6. The number of allylic oxidation sites excluding steroid dienone is 1. The van der Waals surface area contributed by atoms with Gasteiger partial charge in [-0.05, 0) is 86.5 Å². The minimum Gasteiger partial charge on any atom is -0.492 e. The van der Waals surface area contributed by atoms with E-state index in [9.17, 15) is 4.79 Å². The summed E-state index contributed by atoms with van der Waals surface area (Å²) in [7, 11) is 1.30. The average molecular weight is 556 g/mol. The highest BCUT2D eigenvalue weighted by Gasteiger charge is 2.51. The number of benzene rings is 3. The molecule has 1 amide bonds. The molecule has 0 N–H and O–H groups in total. The van der Waals surface area contributed by atoms with Crippen molar-refractivity contribution in [2.45, 2.75) is 59.2 Å². The maximum atomic E-state index is 11.8. The lowest BCUT2D eigenvalue weighted by Crippen LogP contribution is -2.41. The molecule has 41 heavy (non-hydrogen) atoms. The molecule has 0 spiro atoms. The van der Waals surface area contributed by atoms with Crippen molar-refractivity contribution in [2.75, 3.05) is 26.8 Å². The molecule has 0 radical (unpaired) electrons. The summed E-state index contributed by atoms with van der Waals surface area (Å²) >= 11 is 0. The lowest BCUT2D eigenvalue weighted by Gasteiger charge is -2.32. The normalized spacial score (nSPS) is 16.2. The van der Waals surface area contributed by atoms with E-state index in [-0.39, 0.29) is 17.3 Å². The molecule has 0 aromatic heterocycles. The van der Waals surface area contributed by atoms with Crippen LogP contribution in [0.3, 0.4) is 0 Å². The fraction of sp³-hybridized carbons (Fsp3) is 0.382. The van der Waals surface area contributed by atoms with Crippen molar-refractivity contribution in [3.63, 3.8) is 0 Å². The van der Waals surface area contributed by atoms with Crippen molar-refractivity contribution in [3.8, 4) is 5.75 Å². The standard InChI is InChI=1S/C34H42BNO5/c1-8-30(25-13-11-10-12-14-25)31(26-15-19-28(20-16-26)35-40-33(3,4)34(5,6)41-35)27-17-21-29(22-18-27)39-24-23-36(7)32(37)38-9-2/h10-22H,8-9,23-24H2,1-7H3/b31-30-.